The lowest BCUT2D eigenvalue weighted by atomic mass is 10.1. The molecule has 1 amide bonds. The molecule has 34 heavy (non-hydrogen) atoms. The molecule has 0 aliphatic rings. The summed E-state index contributed by atoms with van der Waals surface area (Å²) in [6.45, 7) is 2.03. The number of hydrazone groups is 1. The van der Waals surface area contributed by atoms with Gasteiger partial charge in [0.05, 0.1) is 19.1 Å². The summed E-state index contributed by atoms with van der Waals surface area (Å²) in [7, 11) is 1.62. The van der Waals surface area contributed by atoms with E-state index in [4.69, 9.17) is 4.74 Å². The molecule has 4 aromatic rings. The highest BCUT2D eigenvalue weighted by atomic mass is 32.2. The molecule has 0 aliphatic carbocycles. The van der Waals surface area contributed by atoms with Crippen LogP contribution < -0.4 is 10.2 Å². The van der Waals surface area contributed by atoms with E-state index in [-0.39, 0.29) is 17.4 Å². The van der Waals surface area contributed by atoms with Crippen LogP contribution in [0.1, 0.15) is 11.1 Å². The number of aromatic nitrogens is 3. The van der Waals surface area contributed by atoms with Gasteiger partial charge in [0.25, 0.3) is 5.91 Å². The third kappa shape index (κ3) is 5.62. The zero-order chi connectivity index (χ0) is 23.9. The first-order valence-corrected chi connectivity index (χ1v) is 11.4. The number of phenols is 1. The van der Waals surface area contributed by atoms with Crippen molar-refractivity contribution in [3.05, 3.63) is 83.9 Å². The van der Waals surface area contributed by atoms with E-state index in [1.54, 1.807) is 31.4 Å². The quantitative estimate of drug-likeness (QED) is 0.226. The number of benzene rings is 3. The summed E-state index contributed by atoms with van der Waals surface area (Å²) in [4.78, 5) is 12.3. The Labute approximate surface area is 201 Å². The van der Waals surface area contributed by atoms with Gasteiger partial charge >= 0.3 is 0 Å². The van der Waals surface area contributed by atoms with Crippen LogP contribution in [0.25, 0.3) is 17.1 Å². The van der Waals surface area contributed by atoms with Crippen molar-refractivity contribution in [3.8, 4) is 28.6 Å². The number of nitrogens with zero attached hydrogens (tertiary/aromatic N) is 4. The fraction of sp³-hybridized carbons (Fsp3) is 0.120. The summed E-state index contributed by atoms with van der Waals surface area (Å²) in [5.74, 6) is 1.42. The normalized spacial score (nSPS) is 11.0. The fourth-order valence-corrected chi connectivity index (χ4v) is 3.86. The van der Waals surface area contributed by atoms with E-state index in [2.05, 4.69) is 20.7 Å². The van der Waals surface area contributed by atoms with Crippen LogP contribution in [0.15, 0.2) is 83.1 Å². The fourth-order valence-electron chi connectivity index (χ4n) is 3.12. The van der Waals surface area contributed by atoms with Crippen molar-refractivity contribution in [1.29, 1.82) is 0 Å². The second-order valence-electron chi connectivity index (χ2n) is 7.38. The minimum atomic E-state index is -0.277. The van der Waals surface area contributed by atoms with Crippen LogP contribution in [0.2, 0.25) is 0 Å². The van der Waals surface area contributed by atoms with E-state index < -0.39 is 0 Å². The first-order valence-electron chi connectivity index (χ1n) is 10.4. The van der Waals surface area contributed by atoms with Gasteiger partial charge < -0.3 is 9.84 Å². The maximum absolute atomic E-state index is 12.3. The first-order chi connectivity index (χ1) is 16.5. The molecule has 0 bridgehead atoms. The van der Waals surface area contributed by atoms with Gasteiger partial charge in [0, 0.05) is 11.3 Å². The smallest absolute Gasteiger partial charge is 0.250 e. The standard InChI is InChI=1S/C25H23N5O3S/c1-17-3-7-19(8-4-17)24-28-29-25(30(24)20-9-13-22(33-2)14-10-20)34-16-23(32)27-26-15-18-5-11-21(31)12-6-18/h3-15,31H,16H2,1-2H3,(H,27,32)/b26-15+. The van der Waals surface area contributed by atoms with Gasteiger partial charge in [0.15, 0.2) is 11.0 Å². The van der Waals surface area contributed by atoms with Crippen LogP contribution in [0.5, 0.6) is 11.5 Å². The first kappa shape index (κ1) is 23.1. The number of phenolic OH excluding ortho intramolecular Hbond substituents is 1. The Bertz CT molecular complexity index is 1280. The Kier molecular flexibility index (Phi) is 7.24. The van der Waals surface area contributed by atoms with Crippen LogP contribution in [0, 0.1) is 6.92 Å². The van der Waals surface area contributed by atoms with E-state index in [0.717, 1.165) is 28.1 Å². The summed E-state index contributed by atoms with van der Waals surface area (Å²) >= 11 is 1.27. The molecule has 2 N–H and O–H groups in total. The maximum atomic E-state index is 12.3. The van der Waals surface area contributed by atoms with E-state index in [9.17, 15) is 9.90 Å². The van der Waals surface area contributed by atoms with Crippen molar-refractivity contribution in [2.24, 2.45) is 5.10 Å². The lowest BCUT2D eigenvalue weighted by molar-refractivity contribution is -0.118. The van der Waals surface area contributed by atoms with E-state index in [0.29, 0.717) is 11.0 Å². The minimum Gasteiger partial charge on any atom is -0.508 e. The summed E-state index contributed by atoms with van der Waals surface area (Å²) in [5, 5.41) is 22.6. The molecule has 4 rings (SSSR count). The van der Waals surface area contributed by atoms with Gasteiger partial charge in [-0.05, 0) is 61.0 Å². The van der Waals surface area contributed by atoms with Crippen molar-refractivity contribution in [3.63, 3.8) is 0 Å². The second-order valence-corrected chi connectivity index (χ2v) is 8.32. The molecule has 8 nitrogen and oxygen atoms in total. The molecular formula is C25H23N5O3S. The lowest BCUT2D eigenvalue weighted by Crippen LogP contribution is -2.20. The van der Waals surface area contributed by atoms with Crippen molar-refractivity contribution in [2.45, 2.75) is 12.1 Å². The van der Waals surface area contributed by atoms with E-state index >= 15 is 0 Å². The lowest BCUT2D eigenvalue weighted by Gasteiger charge is -2.11. The zero-order valence-corrected chi connectivity index (χ0v) is 19.5. The highest BCUT2D eigenvalue weighted by Crippen LogP contribution is 2.29. The van der Waals surface area contributed by atoms with Crippen LogP contribution in [-0.4, -0.2) is 44.9 Å². The number of nitrogens with one attached hydrogen (secondary N) is 1. The second kappa shape index (κ2) is 10.7. The number of carbonyl (C=O) groups is 1. The number of rotatable bonds is 8. The molecule has 0 saturated heterocycles. The topological polar surface area (TPSA) is 102 Å². The van der Waals surface area contributed by atoms with Gasteiger partial charge in [-0.2, -0.15) is 5.10 Å². The number of hydrogen-bond donors (Lipinski definition) is 2. The number of thioether (sulfide) groups is 1. The molecule has 0 fully saturated rings. The number of aryl methyl sites for hydroxylation is 1. The molecule has 172 valence electrons. The third-order valence-corrected chi connectivity index (χ3v) is 5.83. The molecule has 0 radical (unpaired) electrons. The average molecular weight is 474 g/mol. The Morgan fingerprint density at radius 2 is 1.76 bits per heavy atom. The highest BCUT2D eigenvalue weighted by Gasteiger charge is 2.17. The molecule has 0 unspecified atom stereocenters. The van der Waals surface area contributed by atoms with Gasteiger partial charge in [-0.3, -0.25) is 9.36 Å². The average Bonchev–Trinajstić information content (AvgIpc) is 3.28. The number of carbonyl (C=O) groups excluding carboxylic acids is 1. The highest BCUT2D eigenvalue weighted by molar-refractivity contribution is 7.99. The molecule has 0 atom stereocenters. The molecule has 9 heteroatoms. The van der Waals surface area contributed by atoms with E-state index in [1.165, 1.54) is 18.0 Å². The van der Waals surface area contributed by atoms with Crippen molar-refractivity contribution < 1.29 is 14.6 Å². The Hall–Kier alpha value is -4.11. The van der Waals surface area contributed by atoms with Crippen LogP contribution in [0.4, 0.5) is 0 Å². The summed E-state index contributed by atoms with van der Waals surface area (Å²) < 4.78 is 7.19. The van der Waals surface area contributed by atoms with Crippen LogP contribution in [-0.2, 0) is 4.79 Å². The van der Waals surface area contributed by atoms with Crippen molar-refractivity contribution in [2.75, 3.05) is 12.9 Å². The Morgan fingerprint density at radius 3 is 2.44 bits per heavy atom. The molecular weight excluding hydrogens is 450 g/mol. The molecule has 3 aromatic carbocycles. The van der Waals surface area contributed by atoms with Crippen LogP contribution in [0.3, 0.4) is 0 Å². The minimum absolute atomic E-state index is 0.106. The number of amides is 1. The van der Waals surface area contributed by atoms with Crippen molar-refractivity contribution in [1.82, 2.24) is 20.2 Å². The Morgan fingerprint density at radius 1 is 1.06 bits per heavy atom. The molecule has 0 spiro atoms. The van der Waals surface area contributed by atoms with Gasteiger partial charge in [0.1, 0.15) is 11.5 Å². The van der Waals surface area contributed by atoms with Gasteiger partial charge in [-0.25, -0.2) is 5.43 Å². The summed E-state index contributed by atoms with van der Waals surface area (Å²) in [6, 6.07) is 22.1. The van der Waals surface area contributed by atoms with Crippen molar-refractivity contribution >= 4 is 23.9 Å². The third-order valence-electron chi connectivity index (χ3n) is 4.90. The molecule has 1 aromatic heterocycles. The monoisotopic (exact) mass is 473 g/mol. The number of hydrogen-bond acceptors (Lipinski definition) is 7. The van der Waals surface area contributed by atoms with Crippen LogP contribution >= 0.6 is 11.8 Å². The number of methoxy groups -OCH3 is 1. The number of aromatic hydroxyl groups is 1. The predicted molar refractivity (Wildman–Crippen MR) is 133 cm³/mol. The molecule has 1 heterocycles. The SMILES string of the molecule is COc1ccc(-n2c(SCC(=O)N/N=C/c3ccc(O)cc3)nnc2-c2ccc(C)cc2)cc1. The largest absolute Gasteiger partial charge is 0.508 e. The van der Waals surface area contributed by atoms with E-state index in [1.807, 2.05) is 60.0 Å². The van der Waals surface area contributed by atoms with Gasteiger partial charge in [-0.1, -0.05) is 41.6 Å². The predicted octanol–water partition coefficient (Wildman–Crippen LogP) is 4.20. The van der Waals surface area contributed by atoms with Gasteiger partial charge in [-0.15, -0.1) is 10.2 Å². The summed E-state index contributed by atoms with van der Waals surface area (Å²) in [5.41, 5.74) is 6.19. The van der Waals surface area contributed by atoms with Gasteiger partial charge in [0.2, 0.25) is 0 Å². The Balaban J connectivity index is 1.52. The summed E-state index contributed by atoms with van der Waals surface area (Å²) in [6.07, 6.45) is 1.51. The molecule has 0 aliphatic heterocycles. The number of ether oxygens (including phenoxy) is 1. The molecule has 0 saturated carbocycles. The maximum Gasteiger partial charge on any atom is 0.250 e. The zero-order valence-electron chi connectivity index (χ0n) is 18.7.